The molecule has 1 spiro atoms. The predicted octanol–water partition coefficient (Wildman–Crippen LogP) is 5.73. The Bertz CT molecular complexity index is 1340. The molecule has 9 nitrogen and oxygen atoms in total. The fraction of sp³-hybridized carbons (Fsp3) is 0.676. The van der Waals surface area contributed by atoms with Crippen LogP contribution < -0.4 is 0 Å². The molecule has 0 amide bonds. The van der Waals surface area contributed by atoms with Gasteiger partial charge in [0.2, 0.25) is 0 Å². The normalized spacial score (nSPS) is 44.5. The highest BCUT2D eigenvalue weighted by atomic mass is 16.7. The van der Waals surface area contributed by atoms with Crippen LogP contribution in [0.4, 0.5) is 0 Å². The number of carbonyl (C=O) groups excluding carboxylic acids is 1. The van der Waals surface area contributed by atoms with Crippen LogP contribution in [0, 0.1) is 23.7 Å². The second kappa shape index (κ2) is 13.9. The number of carbonyl (C=O) groups is 1. The van der Waals surface area contributed by atoms with Gasteiger partial charge in [0.1, 0.15) is 36.9 Å². The lowest BCUT2D eigenvalue weighted by Crippen LogP contribution is -2.59. The van der Waals surface area contributed by atoms with Crippen LogP contribution in [0.15, 0.2) is 63.9 Å². The quantitative estimate of drug-likeness (QED) is 0.229. The van der Waals surface area contributed by atoms with Crippen molar-refractivity contribution in [3.05, 3.63) is 58.7 Å². The molecule has 0 saturated carbocycles. The highest BCUT2D eigenvalue weighted by Crippen LogP contribution is 2.47. The summed E-state index contributed by atoms with van der Waals surface area (Å²) in [5.41, 5.74) is 2.54. The van der Waals surface area contributed by atoms with E-state index in [2.05, 4.69) is 64.9 Å². The third-order valence-corrected chi connectivity index (χ3v) is 10.1. The number of hydrogen-bond donors (Lipinski definition) is 2. The molecule has 254 valence electrons. The van der Waals surface area contributed by atoms with Gasteiger partial charge >= 0.3 is 5.97 Å². The molecular weight excluding hydrogens is 586 g/mol. The highest BCUT2D eigenvalue weighted by Gasteiger charge is 2.60. The number of nitrogens with zero attached hydrogens (tertiary/aromatic N) is 1. The Hall–Kier alpha value is -2.56. The van der Waals surface area contributed by atoms with E-state index >= 15 is 0 Å². The van der Waals surface area contributed by atoms with Gasteiger partial charge in [-0.3, -0.25) is 4.79 Å². The van der Waals surface area contributed by atoms with Crippen molar-refractivity contribution in [3.8, 4) is 0 Å². The van der Waals surface area contributed by atoms with E-state index < -0.39 is 41.6 Å². The molecule has 2 bridgehead atoms. The maximum absolute atomic E-state index is 14.2. The van der Waals surface area contributed by atoms with E-state index in [9.17, 15) is 15.0 Å². The Kier molecular flexibility index (Phi) is 10.5. The molecule has 46 heavy (non-hydrogen) atoms. The van der Waals surface area contributed by atoms with E-state index in [4.69, 9.17) is 23.8 Å². The molecule has 0 aromatic rings. The maximum Gasteiger partial charge on any atom is 0.316 e. The van der Waals surface area contributed by atoms with Crippen LogP contribution in [-0.4, -0.2) is 77.5 Å². The summed E-state index contributed by atoms with van der Waals surface area (Å²) in [7, 11) is 1.55. The number of rotatable bonds is 3. The molecule has 0 radical (unpaired) electrons. The summed E-state index contributed by atoms with van der Waals surface area (Å²) in [5.74, 6) is -2.15. The van der Waals surface area contributed by atoms with Gasteiger partial charge < -0.3 is 34.0 Å². The van der Waals surface area contributed by atoms with Crippen molar-refractivity contribution in [3.63, 3.8) is 0 Å². The summed E-state index contributed by atoms with van der Waals surface area (Å²) in [4.78, 5) is 19.4. The lowest BCUT2D eigenvalue weighted by Gasteiger charge is -2.50. The van der Waals surface area contributed by atoms with Crippen molar-refractivity contribution < 1.29 is 38.8 Å². The zero-order valence-corrected chi connectivity index (χ0v) is 28.7. The van der Waals surface area contributed by atoms with Gasteiger partial charge in [-0.2, -0.15) is 0 Å². The number of hydrogen-bond acceptors (Lipinski definition) is 9. The maximum atomic E-state index is 14.2. The summed E-state index contributed by atoms with van der Waals surface area (Å²) in [5, 5.41) is 27.6. The molecule has 9 heteroatoms. The summed E-state index contributed by atoms with van der Waals surface area (Å²) in [6.07, 6.45) is 11.4. The third-order valence-electron chi connectivity index (χ3n) is 10.1. The van der Waals surface area contributed by atoms with E-state index in [0.29, 0.717) is 42.7 Å². The summed E-state index contributed by atoms with van der Waals surface area (Å²) in [6, 6.07) is 0. The second-order valence-electron chi connectivity index (χ2n) is 14.5. The molecule has 2 N–H and O–H groups in total. The predicted molar refractivity (Wildman–Crippen MR) is 176 cm³/mol. The first kappa shape index (κ1) is 34.8. The highest BCUT2D eigenvalue weighted by molar-refractivity contribution is 5.88. The van der Waals surface area contributed by atoms with E-state index in [1.807, 2.05) is 12.2 Å². The van der Waals surface area contributed by atoms with Gasteiger partial charge in [-0.1, -0.05) is 74.9 Å². The van der Waals surface area contributed by atoms with Crippen molar-refractivity contribution in [1.82, 2.24) is 0 Å². The number of esters is 1. The zero-order chi connectivity index (χ0) is 33.4. The number of oxime groups is 1. The van der Waals surface area contributed by atoms with Crippen molar-refractivity contribution in [2.45, 2.75) is 122 Å². The van der Waals surface area contributed by atoms with E-state index in [1.165, 1.54) is 5.57 Å². The van der Waals surface area contributed by atoms with Crippen LogP contribution in [0.3, 0.4) is 0 Å². The van der Waals surface area contributed by atoms with Crippen molar-refractivity contribution in [1.29, 1.82) is 0 Å². The van der Waals surface area contributed by atoms with Crippen LogP contribution in [0.25, 0.3) is 0 Å². The molecule has 1 aliphatic carbocycles. The second-order valence-corrected chi connectivity index (χ2v) is 14.5. The van der Waals surface area contributed by atoms with Gasteiger partial charge in [-0.15, -0.1) is 0 Å². The van der Waals surface area contributed by atoms with Crippen LogP contribution in [0.2, 0.25) is 0 Å². The smallest absolute Gasteiger partial charge is 0.316 e. The zero-order valence-electron chi connectivity index (χ0n) is 28.7. The van der Waals surface area contributed by atoms with Gasteiger partial charge in [-0.05, 0) is 62.2 Å². The Morgan fingerprint density at radius 1 is 1.20 bits per heavy atom. The molecule has 0 aromatic heterocycles. The van der Waals surface area contributed by atoms with Gasteiger partial charge in [0, 0.05) is 25.2 Å². The minimum absolute atomic E-state index is 0.0340. The molecule has 3 fully saturated rings. The molecule has 5 rings (SSSR count). The van der Waals surface area contributed by atoms with Gasteiger partial charge in [0.25, 0.3) is 0 Å². The number of fused-ring (bicyclic) bond motifs is 2. The largest absolute Gasteiger partial charge is 0.462 e. The lowest BCUT2D eigenvalue weighted by atomic mass is 9.71. The summed E-state index contributed by atoms with van der Waals surface area (Å²) in [6.45, 7) is 14.6. The molecular formula is C37H53NO8. The standard InChI is InChI=1S/C37H53NO8/c1-21(2)14-25(6)33-26(7)31(38-42-8)19-36(46-33)18-29-17-28(45-36)13-12-23(4)15-22(3)10-9-11-27-20-43-34-32(39)24(5)16-30(35(40)44-29)37(27,34)41/h9-12,14,16,21-22,26,28-30,32-34,39,41H,13,15,17-20H2,1-8H3/b10-9+,23-12+,25-14+,27-11+,38-31+/t22-,26-,28?,29-,30-,32+,33+,34+,36-,37+/m0/s1. The minimum Gasteiger partial charge on any atom is -0.462 e. The fourth-order valence-corrected chi connectivity index (χ4v) is 7.94. The first-order valence-corrected chi connectivity index (χ1v) is 16.8. The van der Waals surface area contributed by atoms with Crippen molar-refractivity contribution >= 4 is 11.7 Å². The third kappa shape index (κ3) is 6.99. The molecule has 4 heterocycles. The van der Waals surface area contributed by atoms with E-state index in [-0.39, 0.29) is 30.7 Å². The van der Waals surface area contributed by atoms with Crippen LogP contribution in [0.1, 0.15) is 80.6 Å². The Balaban J connectivity index is 1.55. The number of ether oxygens (including phenoxy) is 4. The monoisotopic (exact) mass is 639 g/mol. The Morgan fingerprint density at radius 3 is 2.67 bits per heavy atom. The average molecular weight is 640 g/mol. The molecule has 1 unspecified atom stereocenters. The first-order chi connectivity index (χ1) is 21.8. The van der Waals surface area contributed by atoms with Gasteiger partial charge in [0.05, 0.1) is 24.5 Å². The first-order valence-electron chi connectivity index (χ1n) is 16.8. The van der Waals surface area contributed by atoms with Crippen LogP contribution in [-0.2, 0) is 28.6 Å². The lowest BCUT2D eigenvalue weighted by molar-refractivity contribution is -0.313. The van der Waals surface area contributed by atoms with Crippen molar-refractivity contribution in [2.75, 3.05) is 13.7 Å². The Labute approximate surface area is 274 Å². The molecule has 10 atom stereocenters. The fourth-order valence-electron chi connectivity index (χ4n) is 7.94. The van der Waals surface area contributed by atoms with E-state index in [1.54, 1.807) is 20.1 Å². The van der Waals surface area contributed by atoms with Gasteiger partial charge in [-0.25, -0.2) is 0 Å². The average Bonchev–Trinajstić information content (AvgIpc) is 3.31. The van der Waals surface area contributed by atoms with Crippen LogP contribution >= 0.6 is 0 Å². The topological polar surface area (TPSA) is 116 Å². The number of aliphatic hydroxyl groups excluding tert-OH is 1. The van der Waals surface area contributed by atoms with Crippen LogP contribution in [0.5, 0.6) is 0 Å². The number of aliphatic hydroxyl groups is 2. The Morgan fingerprint density at radius 2 is 1.96 bits per heavy atom. The summed E-state index contributed by atoms with van der Waals surface area (Å²) < 4.78 is 26.0. The molecule has 5 aliphatic rings. The minimum atomic E-state index is -1.74. The summed E-state index contributed by atoms with van der Waals surface area (Å²) >= 11 is 0. The molecule has 0 aromatic carbocycles. The number of allylic oxidation sites excluding steroid dienone is 5. The van der Waals surface area contributed by atoms with Crippen molar-refractivity contribution in [2.24, 2.45) is 28.8 Å². The molecule has 4 aliphatic heterocycles. The van der Waals surface area contributed by atoms with Gasteiger partial charge in [0.15, 0.2) is 5.79 Å². The molecule has 3 saturated heterocycles. The SMILES string of the molecule is CO/N=C1\C[C@]2(C[C@@H]3CC(C/C=C(\C)C[C@@H](C)/C=C/C=C4\CO[C@@H]5[C@H](O)C(C)=C[C@@H](C(=O)O3)[C@]45O)O2)O[C@H](/C(C)=C/C(C)C)[C@H]1C. The van der Waals surface area contributed by atoms with E-state index in [0.717, 1.165) is 17.7 Å².